The van der Waals surface area contributed by atoms with E-state index in [1.165, 1.54) is 77.0 Å². The summed E-state index contributed by atoms with van der Waals surface area (Å²) in [4.78, 5) is 2.28. The van der Waals surface area contributed by atoms with Gasteiger partial charge in [0.2, 0.25) is 0 Å². The smallest absolute Gasteiger partial charge is 0.330 e. The van der Waals surface area contributed by atoms with Crippen molar-refractivity contribution in [1.82, 2.24) is 4.90 Å². The largest absolute Gasteiger partial charge is 0.331 e. The zero-order chi connectivity index (χ0) is 24.5. The molecule has 7 heteroatoms. The Kier molecular flexibility index (Phi) is 25.2. The maximum absolute atomic E-state index is 13.1. The Balaban J connectivity index is 3.82. The van der Waals surface area contributed by atoms with Crippen molar-refractivity contribution in [2.24, 2.45) is 11.5 Å². The average molecular weight is 492 g/mol. The summed E-state index contributed by atoms with van der Waals surface area (Å²) in [7, 11) is -3.03. The molecule has 0 rings (SSSR count). The van der Waals surface area contributed by atoms with E-state index >= 15 is 0 Å². The molecule has 1 unspecified atom stereocenters. The Hall–Kier alpha value is 0.0300. The van der Waals surface area contributed by atoms with Crippen molar-refractivity contribution in [3.63, 3.8) is 0 Å². The van der Waals surface area contributed by atoms with E-state index < -0.39 is 7.60 Å². The van der Waals surface area contributed by atoms with Gasteiger partial charge in [-0.1, -0.05) is 90.4 Å². The van der Waals surface area contributed by atoms with Gasteiger partial charge < -0.3 is 25.4 Å². The predicted octanol–water partition coefficient (Wildman–Crippen LogP) is 6.71. The second kappa shape index (κ2) is 25.1. The Morgan fingerprint density at radius 3 is 1.48 bits per heavy atom. The van der Waals surface area contributed by atoms with Gasteiger partial charge in [0.15, 0.2) is 0 Å². The zero-order valence-electron chi connectivity index (χ0n) is 22.2. The van der Waals surface area contributed by atoms with Gasteiger partial charge in [-0.05, 0) is 52.4 Å². The molecule has 33 heavy (non-hydrogen) atoms. The molecule has 0 aliphatic heterocycles. The third kappa shape index (κ3) is 22.3. The van der Waals surface area contributed by atoms with E-state index in [1.807, 2.05) is 6.92 Å². The van der Waals surface area contributed by atoms with Crippen LogP contribution in [0.2, 0.25) is 0 Å². The van der Waals surface area contributed by atoms with Crippen molar-refractivity contribution in [3.05, 3.63) is 0 Å². The molecular weight excluding hydrogens is 433 g/mol. The standard InChI is InChI=1S/C26H58N3O3P/c1-3-5-6-7-8-9-10-11-12-13-14-15-16-17-25-32-33(30,31-4-2)26-24-29(22-18-20-27)23-19-21-28/h3-28H2,1-2H3. The van der Waals surface area contributed by atoms with Crippen molar-refractivity contribution in [2.45, 2.75) is 117 Å². The normalized spacial score (nSPS) is 13.6. The van der Waals surface area contributed by atoms with Crippen molar-refractivity contribution in [3.8, 4) is 0 Å². The lowest BCUT2D eigenvalue weighted by Crippen LogP contribution is -2.31. The van der Waals surface area contributed by atoms with E-state index in [1.54, 1.807) is 0 Å². The fourth-order valence-electron chi connectivity index (χ4n) is 4.09. The predicted molar refractivity (Wildman–Crippen MR) is 144 cm³/mol. The van der Waals surface area contributed by atoms with Crippen LogP contribution in [0.15, 0.2) is 0 Å². The van der Waals surface area contributed by atoms with E-state index in [0.717, 1.165) is 38.8 Å². The maximum Gasteiger partial charge on any atom is 0.331 e. The molecule has 0 aliphatic rings. The third-order valence-electron chi connectivity index (χ3n) is 6.16. The minimum Gasteiger partial charge on any atom is -0.330 e. The van der Waals surface area contributed by atoms with Gasteiger partial charge in [-0.25, -0.2) is 0 Å². The first-order valence-corrected chi connectivity index (χ1v) is 15.8. The Morgan fingerprint density at radius 1 is 0.606 bits per heavy atom. The molecular formula is C26H58N3O3P. The van der Waals surface area contributed by atoms with Gasteiger partial charge >= 0.3 is 7.60 Å². The first-order valence-electron chi connectivity index (χ1n) is 14.1. The molecule has 0 aromatic heterocycles. The van der Waals surface area contributed by atoms with Crippen molar-refractivity contribution < 1.29 is 13.6 Å². The van der Waals surface area contributed by atoms with Crippen LogP contribution in [0.25, 0.3) is 0 Å². The highest BCUT2D eigenvalue weighted by molar-refractivity contribution is 7.53. The van der Waals surface area contributed by atoms with E-state index in [9.17, 15) is 4.57 Å². The van der Waals surface area contributed by atoms with E-state index in [-0.39, 0.29) is 0 Å². The number of rotatable bonds is 27. The van der Waals surface area contributed by atoms with Gasteiger partial charge in [0.25, 0.3) is 0 Å². The molecule has 0 saturated carbocycles. The number of hydrogen-bond acceptors (Lipinski definition) is 6. The summed E-state index contributed by atoms with van der Waals surface area (Å²) in [6.45, 7) is 8.94. The molecule has 0 amide bonds. The lowest BCUT2D eigenvalue weighted by Gasteiger charge is -2.25. The Morgan fingerprint density at radius 2 is 1.06 bits per heavy atom. The van der Waals surface area contributed by atoms with Gasteiger partial charge in [-0.2, -0.15) is 0 Å². The monoisotopic (exact) mass is 491 g/mol. The summed E-state index contributed by atoms with van der Waals surface area (Å²) in [6, 6.07) is 0. The van der Waals surface area contributed by atoms with Crippen LogP contribution in [0, 0.1) is 0 Å². The highest BCUT2D eigenvalue weighted by Gasteiger charge is 2.24. The fourth-order valence-corrected chi connectivity index (χ4v) is 5.75. The lowest BCUT2D eigenvalue weighted by atomic mass is 10.0. The van der Waals surface area contributed by atoms with Crippen LogP contribution in [0.4, 0.5) is 0 Å². The first-order chi connectivity index (χ1) is 16.1. The van der Waals surface area contributed by atoms with Crippen LogP contribution in [0.3, 0.4) is 0 Å². The van der Waals surface area contributed by atoms with Crippen LogP contribution in [0.5, 0.6) is 0 Å². The molecule has 6 nitrogen and oxygen atoms in total. The maximum atomic E-state index is 13.1. The molecule has 1 atom stereocenters. The summed E-state index contributed by atoms with van der Waals surface area (Å²) in [5.41, 5.74) is 11.3. The van der Waals surface area contributed by atoms with Gasteiger partial charge in [0, 0.05) is 6.54 Å². The summed E-state index contributed by atoms with van der Waals surface area (Å²) >= 11 is 0. The molecule has 0 fully saturated rings. The Labute approximate surface area is 206 Å². The molecule has 0 saturated heterocycles. The number of nitrogens with two attached hydrogens (primary N) is 2. The minimum absolute atomic E-state index is 0.418. The number of unbranched alkanes of at least 4 members (excludes halogenated alkanes) is 13. The van der Waals surface area contributed by atoms with Gasteiger partial charge in [-0.3, -0.25) is 4.57 Å². The zero-order valence-corrected chi connectivity index (χ0v) is 23.1. The average Bonchev–Trinajstić information content (AvgIpc) is 2.81. The summed E-state index contributed by atoms with van der Waals surface area (Å²) < 4.78 is 24.4. The topological polar surface area (TPSA) is 90.8 Å². The lowest BCUT2D eigenvalue weighted by molar-refractivity contribution is 0.200. The number of nitrogens with zero attached hydrogens (tertiary/aromatic N) is 1. The minimum atomic E-state index is -3.03. The molecule has 0 bridgehead atoms. The van der Waals surface area contributed by atoms with Crippen LogP contribution in [0.1, 0.15) is 117 Å². The summed E-state index contributed by atoms with van der Waals surface area (Å²) in [5, 5.41) is 0. The van der Waals surface area contributed by atoms with Crippen molar-refractivity contribution in [2.75, 3.05) is 52.1 Å². The molecule has 200 valence electrons. The van der Waals surface area contributed by atoms with Crippen molar-refractivity contribution in [1.29, 1.82) is 0 Å². The van der Waals surface area contributed by atoms with Crippen LogP contribution >= 0.6 is 7.60 Å². The molecule has 0 radical (unpaired) electrons. The number of hydrogen-bond donors (Lipinski definition) is 2. The molecule has 0 spiro atoms. The fraction of sp³-hybridized carbons (Fsp3) is 1.00. The molecule has 0 heterocycles. The van der Waals surface area contributed by atoms with Gasteiger partial charge in [0.05, 0.1) is 19.4 Å². The molecule has 0 aromatic rings. The SMILES string of the molecule is CCCCCCCCCCCCCCCCOP(=O)(CCN(CCCN)CCCN)OCC. The highest BCUT2D eigenvalue weighted by Crippen LogP contribution is 2.48. The van der Waals surface area contributed by atoms with Crippen LogP contribution in [-0.2, 0) is 13.6 Å². The molecule has 4 N–H and O–H groups in total. The van der Waals surface area contributed by atoms with Crippen molar-refractivity contribution >= 4 is 7.60 Å². The second-order valence-corrected chi connectivity index (χ2v) is 11.5. The van der Waals surface area contributed by atoms with Gasteiger partial charge in [-0.15, -0.1) is 0 Å². The van der Waals surface area contributed by atoms with E-state index in [2.05, 4.69) is 11.8 Å². The third-order valence-corrected chi connectivity index (χ3v) is 8.13. The van der Waals surface area contributed by atoms with E-state index in [4.69, 9.17) is 20.5 Å². The first kappa shape index (κ1) is 33.0. The molecule has 0 aliphatic carbocycles. The second-order valence-electron chi connectivity index (χ2n) is 9.31. The van der Waals surface area contributed by atoms with Crippen LogP contribution < -0.4 is 11.5 Å². The van der Waals surface area contributed by atoms with Crippen LogP contribution in [-0.4, -0.2) is 57.0 Å². The molecule has 0 aromatic carbocycles. The summed E-state index contributed by atoms with van der Waals surface area (Å²) in [6.07, 6.45) is 20.9. The van der Waals surface area contributed by atoms with Gasteiger partial charge in [0.1, 0.15) is 0 Å². The Bertz CT molecular complexity index is 433. The van der Waals surface area contributed by atoms with E-state index in [0.29, 0.717) is 39.0 Å². The highest BCUT2D eigenvalue weighted by atomic mass is 31.2. The quantitative estimate of drug-likeness (QED) is 0.0979. The summed E-state index contributed by atoms with van der Waals surface area (Å²) in [5.74, 6) is 0.